The fourth-order valence-electron chi connectivity index (χ4n) is 2.92. The Kier molecular flexibility index (Phi) is 5.06. The quantitative estimate of drug-likeness (QED) is 0.894. The molecule has 1 heterocycles. The number of piperazine rings is 1. The van der Waals surface area contributed by atoms with Gasteiger partial charge in [-0.3, -0.25) is 4.90 Å². The highest BCUT2D eigenvalue weighted by Crippen LogP contribution is 2.23. The van der Waals surface area contributed by atoms with Gasteiger partial charge in [-0.05, 0) is 37.5 Å². The van der Waals surface area contributed by atoms with Gasteiger partial charge < -0.3 is 10.1 Å². The summed E-state index contributed by atoms with van der Waals surface area (Å²) in [5, 5.41) is 3.72. The first-order valence-electron chi connectivity index (χ1n) is 7.72. The number of hydrogen-bond acceptors (Lipinski definition) is 3. The van der Waals surface area contributed by atoms with Gasteiger partial charge in [0.2, 0.25) is 0 Å². The molecule has 112 valence electrons. The van der Waals surface area contributed by atoms with Gasteiger partial charge in [-0.2, -0.15) is 0 Å². The van der Waals surface area contributed by atoms with Crippen LogP contribution in [0.1, 0.15) is 39.2 Å². The van der Waals surface area contributed by atoms with E-state index in [2.05, 4.69) is 55.3 Å². The van der Waals surface area contributed by atoms with Crippen molar-refractivity contribution < 1.29 is 4.74 Å². The topological polar surface area (TPSA) is 24.5 Å². The minimum atomic E-state index is 0.248. The number of benzene rings is 1. The zero-order valence-electron chi connectivity index (χ0n) is 13.3. The zero-order valence-corrected chi connectivity index (χ0v) is 13.3. The summed E-state index contributed by atoms with van der Waals surface area (Å²) in [6, 6.07) is 9.10. The third-order valence-corrected chi connectivity index (χ3v) is 4.63. The van der Waals surface area contributed by atoms with E-state index in [9.17, 15) is 0 Å². The van der Waals surface area contributed by atoms with Crippen molar-refractivity contribution in [2.75, 3.05) is 20.2 Å². The molecule has 1 aliphatic rings. The Morgan fingerprint density at radius 3 is 2.55 bits per heavy atom. The Morgan fingerprint density at radius 1 is 1.30 bits per heavy atom. The average Bonchev–Trinajstić information content (AvgIpc) is 2.48. The van der Waals surface area contributed by atoms with Crippen LogP contribution in [0.15, 0.2) is 24.3 Å². The third-order valence-electron chi connectivity index (χ3n) is 4.63. The van der Waals surface area contributed by atoms with Crippen LogP contribution in [0.5, 0.6) is 5.75 Å². The highest BCUT2D eigenvalue weighted by atomic mass is 16.5. The molecule has 1 aromatic carbocycles. The van der Waals surface area contributed by atoms with Crippen molar-refractivity contribution in [2.45, 2.75) is 51.7 Å². The van der Waals surface area contributed by atoms with Crippen LogP contribution in [0.3, 0.4) is 0 Å². The van der Waals surface area contributed by atoms with E-state index in [1.165, 1.54) is 18.4 Å². The van der Waals surface area contributed by atoms with Gasteiger partial charge in [0, 0.05) is 31.2 Å². The lowest BCUT2D eigenvalue weighted by molar-refractivity contribution is 0.0755. The first kappa shape index (κ1) is 15.3. The first-order chi connectivity index (χ1) is 9.60. The van der Waals surface area contributed by atoms with Gasteiger partial charge in [0.15, 0.2) is 0 Å². The lowest BCUT2D eigenvalue weighted by Crippen LogP contribution is -2.62. The molecule has 0 aromatic heterocycles. The van der Waals surface area contributed by atoms with Crippen LogP contribution in [-0.2, 0) is 6.54 Å². The predicted octanol–water partition coefficient (Wildman–Crippen LogP) is 3.05. The van der Waals surface area contributed by atoms with Crippen molar-refractivity contribution in [1.29, 1.82) is 0 Å². The second-order valence-corrected chi connectivity index (χ2v) is 6.11. The molecule has 0 bridgehead atoms. The van der Waals surface area contributed by atoms with Crippen LogP contribution in [0.2, 0.25) is 0 Å². The molecule has 2 atom stereocenters. The largest absolute Gasteiger partial charge is 0.497 e. The Balaban J connectivity index is 2.06. The van der Waals surface area contributed by atoms with Gasteiger partial charge in [-0.25, -0.2) is 0 Å². The molecular formula is C17H28N2O. The third kappa shape index (κ3) is 3.53. The molecule has 2 rings (SSSR count). The highest BCUT2D eigenvalue weighted by Gasteiger charge is 2.33. The Bertz CT molecular complexity index is 418. The number of methoxy groups -OCH3 is 1. The molecule has 1 saturated heterocycles. The van der Waals surface area contributed by atoms with E-state index in [0.29, 0.717) is 6.04 Å². The zero-order chi connectivity index (χ0) is 14.6. The number of nitrogens with zero attached hydrogens (tertiary/aromatic N) is 1. The lowest BCUT2D eigenvalue weighted by atomic mass is 9.92. The van der Waals surface area contributed by atoms with Gasteiger partial charge in [0.1, 0.15) is 5.75 Å². The normalized spacial score (nSPS) is 27.5. The molecule has 0 aliphatic carbocycles. The second-order valence-electron chi connectivity index (χ2n) is 6.11. The fourth-order valence-corrected chi connectivity index (χ4v) is 2.92. The van der Waals surface area contributed by atoms with E-state index in [4.69, 9.17) is 4.74 Å². The maximum atomic E-state index is 5.23. The molecular weight excluding hydrogens is 248 g/mol. The molecule has 3 nitrogen and oxygen atoms in total. The standard InChI is InChI=1S/C17H28N2O/c1-5-15-11-18-17(3,6-2)13-19(15)12-14-7-9-16(20-4)10-8-14/h7-10,15,18H,5-6,11-13H2,1-4H3. The summed E-state index contributed by atoms with van der Waals surface area (Å²) in [5.74, 6) is 0.930. The van der Waals surface area contributed by atoms with Gasteiger partial charge in [-0.1, -0.05) is 26.0 Å². The fraction of sp³-hybridized carbons (Fsp3) is 0.647. The molecule has 1 fully saturated rings. The summed E-state index contributed by atoms with van der Waals surface area (Å²) in [6.07, 6.45) is 2.37. The summed E-state index contributed by atoms with van der Waals surface area (Å²) < 4.78 is 5.23. The molecule has 2 unspecified atom stereocenters. The molecule has 0 radical (unpaired) electrons. The van der Waals surface area contributed by atoms with Gasteiger partial charge in [0.05, 0.1) is 7.11 Å². The summed E-state index contributed by atoms with van der Waals surface area (Å²) >= 11 is 0. The molecule has 0 amide bonds. The van der Waals surface area contributed by atoms with Crippen molar-refractivity contribution in [3.63, 3.8) is 0 Å². The Labute approximate surface area is 123 Å². The van der Waals surface area contributed by atoms with E-state index in [-0.39, 0.29) is 5.54 Å². The number of hydrogen-bond donors (Lipinski definition) is 1. The summed E-state index contributed by atoms with van der Waals surface area (Å²) in [7, 11) is 1.71. The van der Waals surface area contributed by atoms with Gasteiger partial charge in [0.25, 0.3) is 0 Å². The molecule has 0 saturated carbocycles. The number of rotatable bonds is 5. The van der Waals surface area contributed by atoms with Crippen molar-refractivity contribution in [3.05, 3.63) is 29.8 Å². The van der Waals surface area contributed by atoms with Crippen molar-refractivity contribution >= 4 is 0 Å². The Morgan fingerprint density at radius 2 is 2.00 bits per heavy atom. The van der Waals surface area contributed by atoms with Gasteiger partial charge in [-0.15, -0.1) is 0 Å². The predicted molar refractivity (Wildman–Crippen MR) is 84.2 cm³/mol. The van der Waals surface area contributed by atoms with E-state index in [1.807, 2.05) is 0 Å². The monoisotopic (exact) mass is 276 g/mol. The van der Waals surface area contributed by atoms with Crippen molar-refractivity contribution in [2.24, 2.45) is 0 Å². The highest BCUT2D eigenvalue weighted by molar-refractivity contribution is 5.27. The Hall–Kier alpha value is -1.06. The lowest BCUT2D eigenvalue weighted by Gasteiger charge is -2.46. The van der Waals surface area contributed by atoms with Crippen LogP contribution in [0, 0.1) is 0 Å². The molecule has 3 heteroatoms. The maximum absolute atomic E-state index is 5.23. The summed E-state index contributed by atoms with van der Waals surface area (Å²) in [5.41, 5.74) is 1.61. The SMILES string of the molecule is CCC1CNC(C)(CC)CN1Cc1ccc(OC)cc1. The minimum Gasteiger partial charge on any atom is -0.497 e. The van der Waals surface area contributed by atoms with Crippen LogP contribution in [0.25, 0.3) is 0 Å². The summed E-state index contributed by atoms with van der Waals surface area (Å²) in [4.78, 5) is 2.63. The van der Waals surface area contributed by atoms with E-state index in [1.54, 1.807) is 7.11 Å². The van der Waals surface area contributed by atoms with E-state index >= 15 is 0 Å². The molecule has 1 aliphatic heterocycles. The van der Waals surface area contributed by atoms with Crippen molar-refractivity contribution in [1.82, 2.24) is 10.2 Å². The van der Waals surface area contributed by atoms with Crippen LogP contribution in [-0.4, -0.2) is 36.7 Å². The molecule has 0 spiro atoms. The molecule has 1 aromatic rings. The van der Waals surface area contributed by atoms with Crippen LogP contribution < -0.4 is 10.1 Å². The van der Waals surface area contributed by atoms with E-state index in [0.717, 1.165) is 25.4 Å². The van der Waals surface area contributed by atoms with E-state index < -0.39 is 0 Å². The minimum absolute atomic E-state index is 0.248. The van der Waals surface area contributed by atoms with Crippen LogP contribution >= 0.6 is 0 Å². The summed E-state index contributed by atoms with van der Waals surface area (Å²) in [6.45, 7) is 10.1. The average molecular weight is 276 g/mol. The second kappa shape index (κ2) is 6.59. The van der Waals surface area contributed by atoms with Crippen LogP contribution in [0.4, 0.5) is 0 Å². The number of nitrogens with one attached hydrogen (secondary N) is 1. The smallest absolute Gasteiger partial charge is 0.118 e. The molecule has 1 N–H and O–H groups in total. The first-order valence-corrected chi connectivity index (χ1v) is 7.72. The van der Waals surface area contributed by atoms with Gasteiger partial charge >= 0.3 is 0 Å². The maximum Gasteiger partial charge on any atom is 0.118 e. The van der Waals surface area contributed by atoms with Crippen molar-refractivity contribution in [3.8, 4) is 5.75 Å². The number of ether oxygens (including phenoxy) is 1. The molecule has 20 heavy (non-hydrogen) atoms.